The fourth-order valence-corrected chi connectivity index (χ4v) is 2.73. The van der Waals surface area contributed by atoms with Crippen molar-refractivity contribution in [1.82, 2.24) is 19.8 Å². The zero-order valence-electron chi connectivity index (χ0n) is 15.3. The fourth-order valence-electron chi connectivity index (χ4n) is 2.73. The van der Waals surface area contributed by atoms with Crippen LogP contribution in [0.5, 0.6) is 0 Å². The van der Waals surface area contributed by atoms with Crippen molar-refractivity contribution in [1.29, 1.82) is 0 Å². The van der Waals surface area contributed by atoms with Gasteiger partial charge in [0.15, 0.2) is 11.5 Å². The molecule has 2 heterocycles. The second-order valence-corrected chi connectivity index (χ2v) is 7.09. The van der Waals surface area contributed by atoms with Crippen LogP contribution >= 0.6 is 0 Å². The predicted molar refractivity (Wildman–Crippen MR) is 98.4 cm³/mol. The van der Waals surface area contributed by atoms with Gasteiger partial charge in [-0.1, -0.05) is 32.9 Å². The standard InChI is InChI=1S/C19H23N5O/c1-6-23(18(25)19(3,4)5)15-9-7-8-14(12-15)16-10-11-17-21-20-13(2)24(17)22-16/h7-12H,6H2,1-5H3. The van der Waals surface area contributed by atoms with E-state index in [1.54, 1.807) is 4.52 Å². The highest BCUT2D eigenvalue weighted by atomic mass is 16.2. The maximum atomic E-state index is 12.7. The van der Waals surface area contributed by atoms with Crippen molar-refractivity contribution in [2.24, 2.45) is 5.41 Å². The summed E-state index contributed by atoms with van der Waals surface area (Å²) in [6.07, 6.45) is 0. The zero-order chi connectivity index (χ0) is 18.2. The van der Waals surface area contributed by atoms with Crippen molar-refractivity contribution in [3.05, 3.63) is 42.2 Å². The van der Waals surface area contributed by atoms with Gasteiger partial charge in [-0.3, -0.25) is 4.79 Å². The van der Waals surface area contributed by atoms with Crippen molar-refractivity contribution >= 4 is 17.2 Å². The summed E-state index contributed by atoms with van der Waals surface area (Å²) in [6.45, 7) is 10.3. The Morgan fingerprint density at radius 1 is 1.16 bits per heavy atom. The number of aryl methyl sites for hydroxylation is 1. The van der Waals surface area contributed by atoms with Gasteiger partial charge in [0.1, 0.15) is 0 Å². The van der Waals surface area contributed by atoms with Crippen molar-refractivity contribution < 1.29 is 4.79 Å². The molecule has 6 nitrogen and oxygen atoms in total. The Morgan fingerprint density at radius 2 is 1.92 bits per heavy atom. The molecule has 3 aromatic rings. The minimum Gasteiger partial charge on any atom is -0.312 e. The summed E-state index contributed by atoms with van der Waals surface area (Å²) in [7, 11) is 0. The summed E-state index contributed by atoms with van der Waals surface area (Å²) in [6, 6.07) is 11.7. The molecular formula is C19H23N5O. The lowest BCUT2D eigenvalue weighted by Crippen LogP contribution is -2.39. The lowest BCUT2D eigenvalue weighted by Gasteiger charge is -2.28. The fraction of sp³-hybridized carbons (Fsp3) is 0.368. The van der Waals surface area contributed by atoms with Crippen LogP contribution < -0.4 is 4.90 Å². The number of fused-ring (bicyclic) bond motifs is 1. The quantitative estimate of drug-likeness (QED) is 0.734. The summed E-state index contributed by atoms with van der Waals surface area (Å²) >= 11 is 0. The Labute approximate surface area is 147 Å². The van der Waals surface area contributed by atoms with E-state index in [1.807, 2.05) is 75.9 Å². The monoisotopic (exact) mass is 337 g/mol. The molecule has 25 heavy (non-hydrogen) atoms. The second kappa shape index (κ2) is 6.27. The molecule has 3 rings (SSSR count). The van der Waals surface area contributed by atoms with Crippen LogP contribution in [-0.4, -0.2) is 32.3 Å². The average molecular weight is 337 g/mol. The number of carbonyl (C=O) groups excluding carboxylic acids is 1. The molecule has 0 aliphatic carbocycles. The Kier molecular flexibility index (Phi) is 4.29. The first-order valence-corrected chi connectivity index (χ1v) is 8.42. The molecule has 0 aliphatic rings. The smallest absolute Gasteiger partial charge is 0.232 e. The lowest BCUT2D eigenvalue weighted by atomic mass is 9.94. The Bertz CT molecular complexity index is 923. The predicted octanol–water partition coefficient (Wildman–Crippen LogP) is 3.50. The number of benzene rings is 1. The normalized spacial score (nSPS) is 11.7. The van der Waals surface area contributed by atoms with Crippen LogP contribution in [0, 0.1) is 12.3 Å². The summed E-state index contributed by atoms with van der Waals surface area (Å²) in [5, 5.41) is 12.7. The molecule has 0 spiro atoms. The molecule has 1 amide bonds. The van der Waals surface area contributed by atoms with Crippen molar-refractivity contribution in [2.75, 3.05) is 11.4 Å². The molecule has 1 aromatic carbocycles. The average Bonchev–Trinajstić information content (AvgIpc) is 2.95. The Morgan fingerprint density at radius 3 is 2.60 bits per heavy atom. The van der Waals surface area contributed by atoms with E-state index in [0.29, 0.717) is 6.54 Å². The minimum absolute atomic E-state index is 0.102. The number of anilines is 1. The zero-order valence-corrected chi connectivity index (χ0v) is 15.3. The number of amides is 1. The van der Waals surface area contributed by atoms with Crippen LogP contribution in [0.15, 0.2) is 36.4 Å². The van der Waals surface area contributed by atoms with Gasteiger partial charge in [0.05, 0.1) is 5.69 Å². The van der Waals surface area contributed by atoms with Crippen LogP contribution in [0.2, 0.25) is 0 Å². The molecule has 0 saturated heterocycles. The van der Waals surface area contributed by atoms with Gasteiger partial charge in [0, 0.05) is 23.2 Å². The summed E-state index contributed by atoms with van der Waals surface area (Å²) < 4.78 is 1.72. The van der Waals surface area contributed by atoms with E-state index in [9.17, 15) is 4.79 Å². The molecule has 0 unspecified atom stereocenters. The number of nitrogens with zero attached hydrogens (tertiary/aromatic N) is 5. The van der Waals surface area contributed by atoms with E-state index in [2.05, 4.69) is 15.3 Å². The number of hydrogen-bond acceptors (Lipinski definition) is 4. The van der Waals surface area contributed by atoms with E-state index < -0.39 is 5.41 Å². The third-order valence-corrected chi connectivity index (χ3v) is 4.08. The molecule has 0 saturated carbocycles. The van der Waals surface area contributed by atoms with Crippen molar-refractivity contribution in [3.8, 4) is 11.3 Å². The minimum atomic E-state index is -0.428. The number of carbonyl (C=O) groups is 1. The van der Waals surface area contributed by atoms with Gasteiger partial charge in [-0.15, -0.1) is 10.2 Å². The summed E-state index contributed by atoms with van der Waals surface area (Å²) in [5.74, 6) is 0.844. The Balaban J connectivity index is 2.02. The molecule has 0 bridgehead atoms. The van der Waals surface area contributed by atoms with Gasteiger partial charge in [0.2, 0.25) is 5.91 Å². The van der Waals surface area contributed by atoms with Crippen LogP contribution in [0.4, 0.5) is 5.69 Å². The Hall–Kier alpha value is -2.76. The highest BCUT2D eigenvalue weighted by Crippen LogP contribution is 2.27. The topological polar surface area (TPSA) is 63.4 Å². The molecule has 0 aliphatic heterocycles. The lowest BCUT2D eigenvalue weighted by molar-refractivity contribution is -0.125. The van der Waals surface area contributed by atoms with Crippen LogP contribution in [-0.2, 0) is 4.79 Å². The van der Waals surface area contributed by atoms with E-state index >= 15 is 0 Å². The number of hydrogen-bond donors (Lipinski definition) is 0. The molecule has 0 radical (unpaired) electrons. The third-order valence-electron chi connectivity index (χ3n) is 4.08. The second-order valence-electron chi connectivity index (χ2n) is 7.09. The van der Waals surface area contributed by atoms with E-state index in [0.717, 1.165) is 28.4 Å². The first kappa shape index (κ1) is 17.1. The molecule has 0 N–H and O–H groups in total. The van der Waals surface area contributed by atoms with Gasteiger partial charge >= 0.3 is 0 Å². The molecular weight excluding hydrogens is 314 g/mol. The van der Waals surface area contributed by atoms with Gasteiger partial charge in [-0.25, -0.2) is 0 Å². The summed E-state index contributed by atoms with van der Waals surface area (Å²) in [4.78, 5) is 14.5. The first-order valence-electron chi connectivity index (χ1n) is 8.42. The van der Waals surface area contributed by atoms with Crippen LogP contribution in [0.3, 0.4) is 0 Å². The highest BCUT2D eigenvalue weighted by Gasteiger charge is 2.27. The summed E-state index contributed by atoms with van der Waals surface area (Å²) in [5.41, 5.74) is 2.94. The van der Waals surface area contributed by atoms with Gasteiger partial charge in [-0.05, 0) is 38.1 Å². The van der Waals surface area contributed by atoms with Crippen LogP contribution in [0.25, 0.3) is 16.9 Å². The van der Waals surface area contributed by atoms with E-state index in [-0.39, 0.29) is 5.91 Å². The van der Waals surface area contributed by atoms with E-state index in [1.165, 1.54) is 0 Å². The van der Waals surface area contributed by atoms with E-state index in [4.69, 9.17) is 0 Å². The first-order chi connectivity index (χ1) is 11.8. The maximum Gasteiger partial charge on any atom is 0.232 e. The molecule has 0 fully saturated rings. The van der Waals surface area contributed by atoms with Crippen LogP contribution in [0.1, 0.15) is 33.5 Å². The van der Waals surface area contributed by atoms with Crippen molar-refractivity contribution in [3.63, 3.8) is 0 Å². The molecule has 2 aromatic heterocycles. The maximum absolute atomic E-state index is 12.7. The molecule has 130 valence electrons. The highest BCUT2D eigenvalue weighted by molar-refractivity contribution is 5.97. The molecule has 6 heteroatoms. The number of rotatable bonds is 3. The largest absolute Gasteiger partial charge is 0.312 e. The third kappa shape index (κ3) is 3.24. The molecule has 0 atom stereocenters. The number of aromatic nitrogens is 4. The SMILES string of the molecule is CCN(C(=O)C(C)(C)C)c1cccc(-c2ccc3nnc(C)n3n2)c1. The van der Waals surface area contributed by atoms with Gasteiger partial charge in [-0.2, -0.15) is 9.61 Å². The van der Waals surface area contributed by atoms with Crippen molar-refractivity contribution in [2.45, 2.75) is 34.6 Å². The van der Waals surface area contributed by atoms with Gasteiger partial charge in [0.25, 0.3) is 0 Å². The van der Waals surface area contributed by atoms with Gasteiger partial charge < -0.3 is 4.90 Å².